The highest BCUT2D eigenvalue weighted by atomic mass is 16.5. The molecule has 24 heavy (non-hydrogen) atoms. The topological polar surface area (TPSA) is 58.8 Å². The van der Waals surface area contributed by atoms with Gasteiger partial charge in [0.05, 0.1) is 5.41 Å². The lowest BCUT2D eigenvalue weighted by molar-refractivity contribution is -0.180. The molecule has 2 saturated heterocycles. The van der Waals surface area contributed by atoms with E-state index in [2.05, 4.69) is 23.8 Å². The van der Waals surface area contributed by atoms with Crippen LogP contribution in [0.15, 0.2) is 0 Å². The molecule has 1 saturated carbocycles. The first-order chi connectivity index (χ1) is 11.6. The Morgan fingerprint density at radius 3 is 2.54 bits per heavy atom. The first-order valence-corrected chi connectivity index (χ1v) is 9.90. The second-order valence-electron chi connectivity index (χ2n) is 8.25. The van der Waals surface area contributed by atoms with Crippen molar-refractivity contribution in [2.24, 2.45) is 23.0 Å². The van der Waals surface area contributed by atoms with Crippen molar-refractivity contribution in [1.82, 2.24) is 9.80 Å². The van der Waals surface area contributed by atoms with E-state index in [1.54, 1.807) is 0 Å². The van der Waals surface area contributed by atoms with Gasteiger partial charge in [-0.15, -0.1) is 0 Å². The van der Waals surface area contributed by atoms with Crippen molar-refractivity contribution in [2.45, 2.75) is 58.1 Å². The van der Waals surface area contributed by atoms with Crippen LogP contribution in [0.5, 0.6) is 0 Å². The Morgan fingerprint density at radius 1 is 1.08 bits per heavy atom. The van der Waals surface area contributed by atoms with Gasteiger partial charge in [0, 0.05) is 38.7 Å². The predicted molar refractivity (Wildman–Crippen MR) is 95.4 cm³/mol. The number of piperazine rings is 1. The molecule has 0 aromatic carbocycles. The Bertz CT molecular complexity index is 436. The average molecular weight is 338 g/mol. The van der Waals surface area contributed by atoms with Crippen molar-refractivity contribution in [3.05, 3.63) is 0 Å². The predicted octanol–water partition coefficient (Wildman–Crippen LogP) is 2.06. The number of rotatable bonds is 3. The molecule has 3 rings (SSSR count). The van der Waals surface area contributed by atoms with Crippen LogP contribution in [0.4, 0.5) is 0 Å². The highest BCUT2D eigenvalue weighted by Gasteiger charge is 2.53. The SMILES string of the molecule is CC1CCCCCC1(C(N)=O)C1CCCOC1N1CCN(C)CC1. The van der Waals surface area contributed by atoms with Crippen LogP contribution < -0.4 is 5.73 Å². The zero-order valence-electron chi connectivity index (χ0n) is 15.5. The lowest BCUT2D eigenvalue weighted by atomic mass is 9.61. The lowest BCUT2D eigenvalue weighted by Gasteiger charge is -2.51. The average Bonchev–Trinajstić information content (AvgIpc) is 2.78. The molecule has 4 unspecified atom stereocenters. The zero-order valence-corrected chi connectivity index (χ0v) is 15.5. The Kier molecular flexibility index (Phi) is 5.83. The summed E-state index contributed by atoms with van der Waals surface area (Å²) < 4.78 is 6.28. The van der Waals surface area contributed by atoms with E-state index in [1.807, 2.05) is 0 Å². The molecule has 5 heteroatoms. The second kappa shape index (κ2) is 7.71. The monoisotopic (exact) mass is 337 g/mol. The minimum absolute atomic E-state index is 0.0699. The van der Waals surface area contributed by atoms with Gasteiger partial charge in [-0.2, -0.15) is 0 Å². The molecule has 2 aliphatic heterocycles. The van der Waals surface area contributed by atoms with E-state index in [0.29, 0.717) is 5.92 Å². The highest BCUT2D eigenvalue weighted by Crippen LogP contribution is 2.50. The van der Waals surface area contributed by atoms with Gasteiger partial charge >= 0.3 is 0 Å². The molecule has 1 amide bonds. The molecule has 5 nitrogen and oxygen atoms in total. The second-order valence-corrected chi connectivity index (χ2v) is 8.25. The summed E-state index contributed by atoms with van der Waals surface area (Å²) in [4.78, 5) is 17.6. The quantitative estimate of drug-likeness (QED) is 0.801. The first-order valence-electron chi connectivity index (χ1n) is 9.90. The maximum Gasteiger partial charge on any atom is 0.224 e. The third-order valence-electron chi connectivity index (χ3n) is 6.92. The molecule has 3 fully saturated rings. The fourth-order valence-electron chi connectivity index (χ4n) is 5.36. The lowest BCUT2D eigenvalue weighted by Crippen LogP contribution is -2.60. The summed E-state index contributed by atoms with van der Waals surface area (Å²) in [5.74, 6) is 0.533. The summed E-state index contributed by atoms with van der Waals surface area (Å²) in [6, 6.07) is 0. The summed E-state index contributed by atoms with van der Waals surface area (Å²) in [6.45, 7) is 7.28. The smallest absolute Gasteiger partial charge is 0.224 e. The molecule has 138 valence electrons. The van der Waals surface area contributed by atoms with Gasteiger partial charge in [0.2, 0.25) is 5.91 Å². The van der Waals surface area contributed by atoms with Gasteiger partial charge in [-0.3, -0.25) is 9.69 Å². The first kappa shape index (κ1) is 18.2. The molecule has 2 heterocycles. The standard InChI is InChI=1S/C19H35N3O2/c1-15-7-4-3-5-9-19(15,18(20)23)16-8-6-14-24-17(16)22-12-10-21(2)11-13-22/h15-17H,3-14H2,1-2H3,(H2,20,23). The summed E-state index contributed by atoms with van der Waals surface area (Å²) in [5, 5.41) is 0. The number of primary amides is 1. The molecular formula is C19H35N3O2. The van der Waals surface area contributed by atoms with E-state index in [1.165, 1.54) is 12.8 Å². The largest absolute Gasteiger partial charge is 0.369 e. The van der Waals surface area contributed by atoms with Crippen LogP contribution >= 0.6 is 0 Å². The van der Waals surface area contributed by atoms with Crippen LogP contribution in [0.2, 0.25) is 0 Å². The minimum atomic E-state index is -0.384. The van der Waals surface area contributed by atoms with Crippen molar-refractivity contribution in [3.8, 4) is 0 Å². The molecule has 2 N–H and O–H groups in total. The van der Waals surface area contributed by atoms with Gasteiger partial charge in [-0.1, -0.05) is 26.2 Å². The maximum atomic E-state index is 12.8. The number of hydrogen-bond acceptors (Lipinski definition) is 4. The van der Waals surface area contributed by atoms with Crippen molar-refractivity contribution >= 4 is 5.91 Å². The van der Waals surface area contributed by atoms with E-state index in [9.17, 15) is 4.79 Å². The van der Waals surface area contributed by atoms with Crippen molar-refractivity contribution in [3.63, 3.8) is 0 Å². The normalized spacial score (nSPS) is 40.2. The fraction of sp³-hybridized carbons (Fsp3) is 0.947. The number of amides is 1. The third kappa shape index (κ3) is 3.35. The van der Waals surface area contributed by atoms with Gasteiger partial charge in [-0.25, -0.2) is 0 Å². The van der Waals surface area contributed by atoms with Crippen LogP contribution in [0.3, 0.4) is 0 Å². The Balaban J connectivity index is 1.87. The third-order valence-corrected chi connectivity index (χ3v) is 6.92. The van der Waals surface area contributed by atoms with Crippen LogP contribution in [0, 0.1) is 17.3 Å². The van der Waals surface area contributed by atoms with Crippen LogP contribution in [0.25, 0.3) is 0 Å². The van der Waals surface area contributed by atoms with E-state index in [4.69, 9.17) is 10.5 Å². The van der Waals surface area contributed by atoms with E-state index >= 15 is 0 Å². The van der Waals surface area contributed by atoms with Gasteiger partial charge in [0.15, 0.2) is 0 Å². The maximum absolute atomic E-state index is 12.8. The molecule has 0 radical (unpaired) electrons. The summed E-state index contributed by atoms with van der Waals surface area (Å²) in [6.07, 6.45) is 7.84. The van der Waals surface area contributed by atoms with Crippen LogP contribution in [-0.4, -0.2) is 61.8 Å². The molecule has 4 atom stereocenters. The van der Waals surface area contributed by atoms with E-state index in [-0.39, 0.29) is 23.5 Å². The Hall–Kier alpha value is -0.650. The Morgan fingerprint density at radius 2 is 1.83 bits per heavy atom. The van der Waals surface area contributed by atoms with E-state index < -0.39 is 0 Å². The van der Waals surface area contributed by atoms with Gasteiger partial charge < -0.3 is 15.4 Å². The number of carbonyl (C=O) groups is 1. The number of likely N-dealkylation sites (N-methyl/N-ethyl adjacent to an activating group) is 1. The minimum Gasteiger partial charge on any atom is -0.369 e. The van der Waals surface area contributed by atoms with Crippen molar-refractivity contribution in [1.29, 1.82) is 0 Å². The number of carbonyl (C=O) groups excluding carboxylic acids is 1. The number of hydrogen-bond donors (Lipinski definition) is 1. The molecule has 0 aromatic rings. The number of ether oxygens (including phenoxy) is 1. The fourth-order valence-corrected chi connectivity index (χ4v) is 5.36. The van der Waals surface area contributed by atoms with Crippen LogP contribution in [-0.2, 0) is 9.53 Å². The molecular weight excluding hydrogens is 302 g/mol. The Labute approximate surface area is 146 Å². The molecule has 0 spiro atoms. The zero-order chi connectivity index (χ0) is 17.2. The summed E-state index contributed by atoms with van der Waals surface area (Å²) >= 11 is 0. The van der Waals surface area contributed by atoms with Gasteiger partial charge in [0.1, 0.15) is 6.23 Å². The molecule has 1 aliphatic carbocycles. The van der Waals surface area contributed by atoms with E-state index in [0.717, 1.165) is 64.9 Å². The summed E-state index contributed by atoms with van der Waals surface area (Å²) in [7, 11) is 2.18. The number of nitrogens with zero attached hydrogens (tertiary/aromatic N) is 2. The van der Waals surface area contributed by atoms with Crippen molar-refractivity contribution < 1.29 is 9.53 Å². The summed E-state index contributed by atoms with van der Waals surface area (Å²) in [5.41, 5.74) is 5.70. The highest BCUT2D eigenvalue weighted by molar-refractivity contribution is 5.81. The van der Waals surface area contributed by atoms with Crippen LogP contribution in [0.1, 0.15) is 51.9 Å². The molecule has 3 aliphatic rings. The molecule has 0 bridgehead atoms. The van der Waals surface area contributed by atoms with Crippen molar-refractivity contribution in [2.75, 3.05) is 39.8 Å². The number of nitrogens with two attached hydrogens (primary N) is 1. The van der Waals surface area contributed by atoms with Gasteiger partial charge in [-0.05, 0) is 38.6 Å². The molecule has 0 aromatic heterocycles. The van der Waals surface area contributed by atoms with Gasteiger partial charge in [0.25, 0.3) is 0 Å².